The summed E-state index contributed by atoms with van der Waals surface area (Å²) >= 11 is 0. The number of carboxylic acid groups (broad SMARTS) is 1. The van der Waals surface area contributed by atoms with E-state index in [1.54, 1.807) is 5.57 Å². The van der Waals surface area contributed by atoms with Gasteiger partial charge in [-0.1, -0.05) is 97.4 Å². The van der Waals surface area contributed by atoms with Crippen molar-refractivity contribution < 1.29 is 9.90 Å². The molecule has 0 saturated heterocycles. The molecule has 1 aliphatic rings. The zero-order valence-corrected chi connectivity index (χ0v) is 21.0. The molecule has 33 heavy (non-hydrogen) atoms. The van der Waals surface area contributed by atoms with Crippen molar-refractivity contribution in [3.8, 4) is 0 Å². The van der Waals surface area contributed by atoms with Crippen LogP contribution in [0.4, 0.5) is 0 Å². The Labute approximate surface area is 200 Å². The molecule has 0 heterocycles. The first-order chi connectivity index (χ1) is 15.6. The number of benzene rings is 1. The lowest BCUT2D eigenvalue weighted by atomic mass is 9.72. The molecule has 4 nitrogen and oxygen atoms in total. The second-order valence-corrected chi connectivity index (χ2v) is 9.35. The quantitative estimate of drug-likeness (QED) is 0.416. The van der Waals surface area contributed by atoms with Gasteiger partial charge < -0.3 is 16.6 Å². The third-order valence-corrected chi connectivity index (χ3v) is 5.83. The summed E-state index contributed by atoms with van der Waals surface area (Å²) in [7, 11) is 0. The first kappa shape index (κ1) is 28.3. The number of nitrogens with two attached hydrogens (primary N) is 2. The highest BCUT2D eigenvalue weighted by atomic mass is 16.4. The lowest BCUT2D eigenvalue weighted by Gasteiger charge is -2.32. The van der Waals surface area contributed by atoms with Gasteiger partial charge in [-0.05, 0) is 63.0 Å². The highest BCUT2D eigenvalue weighted by Crippen LogP contribution is 2.40. The van der Waals surface area contributed by atoms with Crippen LogP contribution in [0, 0.1) is 5.41 Å². The molecular weight excluding hydrogens is 408 g/mol. The number of hydrogen-bond acceptors (Lipinski definition) is 3. The molecule has 180 valence electrons. The fraction of sp³-hybridized carbons (Fsp3) is 0.414. The smallest absolute Gasteiger partial charge is 0.320 e. The molecule has 0 amide bonds. The standard InChI is InChI=1S/C20H31N.C9H11NO2/c1-16(8-6-9-17(2)13-15-21)11-12-19-18(3)10-7-14-20(19,4)5;10-8(9(11)12)6-7-4-2-1-3-5-7/h6,8-9,11-13H,7,10,14-15,21H2,1-5H3;1-5,8H,6,10H2,(H,11,12)/t;8-/m.0/s1. The van der Waals surface area contributed by atoms with Gasteiger partial charge in [0.25, 0.3) is 0 Å². The zero-order chi connectivity index (χ0) is 24.9. The van der Waals surface area contributed by atoms with E-state index in [9.17, 15) is 4.79 Å². The SMILES string of the molecule is CC(C=CC1=C(C)CCCC1(C)C)=CC=CC(C)=CCN.N[C@@H](Cc1ccccc1)C(=O)O. The van der Waals surface area contributed by atoms with E-state index in [2.05, 4.69) is 65.0 Å². The lowest BCUT2D eigenvalue weighted by molar-refractivity contribution is -0.138. The fourth-order valence-corrected chi connectivity index (χ4v) is 3.84. The number of aliphatic carboxylic acids is 1. The highest BCUT2D eigenvalue weighted by Gasteiger charge is 2.26. The minimum atomic E-state index is -0.959. The van der Waals surface area contributed by atoms with Crippen molar-refractivity contribution in [1.82, 2.24) is 0 Å². The molecule has 4 heteroatoms. The number of allylic oxidation sites excluding steroid dienone is 9. The predicted molar refractivity (Wildman–Crippen MR) is 141 cm³/mol. The third kappa shape index (κ3) is 11.1. The van der Waals surface area contributed by atoms with Crippen LogP contribution in [0.15, 0.2) is 89.1 Å². The van der Waals surface area contributed by atoms with Gasteiger partial charge in [-0.3, -0.25) is 4.79 Å². The Morgan fingerprint density at radius 3 is 2.39 bits per heavy atom. The largest absolute Gasteiger partial charge is 0.480 e. The van der Waals surface area contributed by atoms with Gasteiger partial charge in [0.05, 0.1) is 0 Å². The van der Waals surface area contributed by atoms with E-state index in [1.807, 2.05) is 36.4 Å². The summed E-state index contributed by atoms with van der Waals surface area (Å²) in [5.41, 5.74) is 17.6. The Hall–Kier alpha value is -2.69. The average molecular weight is 451 g/mol. The Balaban J connectivity index is 0.000000383. The summed E-state index contributed by atoms with van der Waals surface area (Å²) in [5, 5.41) is 8.52. The van der Waals surface area contributed by atoms with E-state index < -0.39 is 12.0 Å². The molecule has 0 saturated carbocycles. The number of hydrogen-bond donors (Lipinski definition) is 3. The van der Waals surface area contributed by atoms with Crippen LogP contribution < -0.4 is 11.5 Å². The zero-order valence-electron chi connectivity index (χ0n) is 21.0. The van der Waals surface area contributed by atoms with Crippen LogP contribution in [0.5, 0.6) is 0 Å². The van der Waals surface area contributed by atoms with Gasteiger partial charge in [0.15, 0.2) is 0 Å². The Morgan fingerprint density at radius 1 is 1.15 bits per heavy atom. The Kier molecular flexibility index (Phi) is 12.4. The number of carboxylic acids is 1. The van der Waals surface area contributed by atoms with Crippen molar-refractivity contribution >= 4 is 5.97 Å². The van der Waals surface area contributed by atoms with Crippen LogP contribution in [0.3, 0.4) is 0 Å². The van der Waals surface area contributed by atoms with Crippen LogP contribution in [0.25, 0.3) is 0 Å². The van der Waals surface area contributed by atoms with Gasteiger partial charge >= 0.3 is 5.97 Å². The summed E-state index contributed by atoms with van der Waals surface area (Å²) in [6, 6.07) is 8.54. The van der Waals surface area contributed by atoms with Crippen LogP contribution in [-0.4, -0.2) is 23.7 Å². The van der Waals surface area contributed by atoms with E-state index in [0.717, 1.165) is 5.56 Å². The number of rotatable bonds is 8. The molecular formula is C29H42N2O2. The predicted octanol–water partition coefficient (Wildman–Crippen LogP) is 6.12. The maximum atomic E-state index is 10.4. The van der Waals surface area contributed by atoms with Gasteiger partial charge in [-0.25, -0.2) is 0 Å². The molecule has 1 atom stereocenters. The van der Waals surface area contributed by atoms with Crippen molar-refractivity contribution in [2.24, 2.45) is 16.9 Å². The second kappa shape index (κ2) is 14.5. The summed E-state index contributed by atoms with van der Waals surface area (Å²) in [6.07, 6.45) is 17.1. The number of carbonyl (C=O) groups is 1. The average Bonchev–Trinajstić information content (AvgIpc) is 2.74. The maximum Gasteiger partial charge on any atom is 0.320 e. The van der Waals surface area contributed by atoms with Gasteiger partial charge in [0.2, 0.25) is 0 Å². The van der Waals surface area contributed by atoms with Gasteiger partial charge in [0.1, 0.15) is 6.04 Å². The van der Waals surface area contributed by atoms with E-state index in [4.69, 9.17) is 16.6 Å². The van der Waals surface area contributed by atoms with Crippen molar-refractivity contribution in [2.45, 2.75) is 66.3 Å². The van der Waals surface area contributed by atoms with Crippen LogP contribution >= 0.6 is 0 Å². The van der Waals surface area contributed by atoms with Gasteiger partial charge in [0, 0.05) is 6.54 Å². The van der Waals surface area contributed by atoms with Crippen molar-refractivity contribution in [2.75, 3.05) is 6.54 Å². The molecule has 0 fully saturated rings. The molecule has 0 aliphatic heterocycles. The monoisotopic (exact) mass is 450 g/mol. The molecule has 0 spiro atoms. The molecule has 1 aromatic rings. The van der Waals surface area contributed by atoms with E-state index in [0.29, 0.717) is 18.4 Å². The minimum absolute atomic E-state index is 0.315. The minimum Gasteiger partial charge on any atom is -0.480 e. The highest BCUT2D eigenvalue weighted by molar-refractivity contribution is 5.73. The van der Waals surface area contributed by atoms with Gasteiger partial charge in [-0.2, -0.15) is 0 Å². The van der Waals surface area contributed by atoms with Crippen molar-refractivity contribution in [1.29, 1.82) is 0 Å². The maximum absolute atomic E-state index is 10.4. The summed E-state index contributed by atoms with van der Waals surface area (Å²) in [6.45, 7) is 11.8. The molecule has 1 aromatic carbocycles. The Bertz CT molecular complexity index is 903. The summed E-state index contributed by atoms with van der Waals surface area (Å²) in [5.74, 6) is -0.959. The van der Waals surface area contributed by atoms with E-state index in [1.165, 1.54) is 36.0 Å². The first-order valence-corrected chi connectivity index (χ1v) is 11.7. The van der Waals surface area contributed by atoms with Crippen LogP contribution in [0.1, 0.15) is 59.4 Å². The molecule has 5 N–H and O–H groups in total. The molecule has 1 aliphatic carbocycles. The molecule has 0 bridgehead atoms. The lowest BCUT2D eigenvalue weighted by Crippen LogP contribution is -2.32. The second-order valence-electron chi connectivity index (χ2n) is 9.35. The van der Waals surface area contributed by atoms with E-state index in [-0.39, 0.29) is 0 Å². The fourth-order valence-electron chi connectivity index (χ4n) is 3.84. The third-order valence-electron chi connectivity index (χ3n) is 5.83. The summed E-state index contributed by atoms with van der Waals surface area (Å²) in [4.78, 5) is 10.4. The normalized spacial score (nSPS) is 17.8. The Morgan fingerprint density at radius 2 is 1.82 bits per heavy atom. The summed E-state index contributed by atoms with van der Waals surface area (Å²) < 4.78 is 0. The van der Waals surface area contributed by atoms with Crippen molar-refractivity contribution in [3.63, 3.8) is 0 Å². The molecule has 0 unspecified atom stereocenters. The molecule has 0 aromatic heterocycles. The van der Waals surface area contributed by atoms with Crippen LogP contribution in [-0.2, 0) is 11.2 Å². The molecule has 0 radical (unpaired) electrons. The van der Waals surface area contributed by atoms with Crippen LogP contribution in [0.2, 0.25) is 0 Å². The first-order valence-electron chi connectivity index (χ1n) is 11.7. The molecule has 2 rings (SSSR count). The van der Waals surface area contributed by atoms with E-state index >= 15 is 0 Å². The van der Waals surface area contributed by atoms with Crippen molar-refractivity contribution in [3.05, 3.63) is 94.6 Å². The topological polar surface area (TPSA) is 89.3 Å². The van der Waals surface area contributed by atoms with Gasteiger partial charge in [-0.15, -0.1) is 0 Å².